The molecule has 0 aliphatic carbocycles. The molecule has 0 fully saturated rings. The zero-order valence-electron chi connectivity index (χ0n) is 15.0. The molecule has 2 heterocycles. The fourth-order valence-electron chi connectivity index (χ4n) is 3.40. The molecule has 0 bridgehead atoms. The number of aromatic nitrogens is 1. The number of benzene rings is 2. The molecule has 26 heavy (non-hydrogen) atoms. The third kappa shape index (κ3) is 3.12. The molecule has 1 N–H and O–H groups in total. The van der Waals surface area contributed by atoms with Crippen LogP contribution in [-0.2, 0) is 17.8 Å². The van der Waals surface area contributed by atoms with Gasteiger partial charge in [0.05, 0.1) is 7.11 Å². The van der Waals surface area contributed by atoms with Gasteiger partial charge in [-0.15, -0.1) is 0 Å². The average Bonchev–Trinajstić information content (AvgIpc) is 3.04. The van der Waals surface area contributed by atoms with Crippen LogP contribution in [0.3, 0.4) is 0 Å². The van der Waals surface area contributed by atoms with Crippen molar-refractivity contribution in [3.05, 3.63) is 59.3 Å². The quantitative estimate of drug-likeness (QED) is 0.784. The Balaban J connectivity index is 1.48. The van der Waals surface area contributed by atoms with Crippen molar-refractivity contribution >= 4 is 16.8 Å². The van der Waals surface area contributed by atoms with Crippen molar-refractivity contribution < 1.29 is 14.3 Å². The van der Waals surface area contributed by atoms with Crippen LogP contribution in [0.15, 0.2) is 42.5 Å². The Bertz CT molecular complexity index is 944. The van der Waals surface area contributed by atoms with E-state index in [2.05, 4.69) is 4.98 Å². The number of H-pyrrole nitrogens is 1. The van der Waals surface area contributed by atoms with Gasteiger partial charge in [-0.3, -0.25) is 4.79 Å². The summed E-state index contributed by atoms with van der Waals surface area (Å²) in [6.07, 6.45) is 0.822. The van der Waals surface area contributed by atoms with E-state index in [9.17, 15) is 4.79 Å². The number of ether oxygens (including phenoxy) is 2. The molecule has 0 spiro atoms. The molecule has 134 valence electrons. The molecule has 4 rings (SSSR count). The van der Waals surface area contributed by atoms with E-state index in [-0.39, 0.29) is 12.5 Å². The Morgan fingerprint density at radius 2 is 1.92 bits per heavy atom. The molecule has 1 aromatic heterocycles. The van der Waals surface area contributed by atoms with E-state index in [0.29, 0.717) is 13.1 Å². The minimum atomic E-state index is 0.00784. The van der Waals surface area contributed by atoms with Crippen molar-refractivity contribution in [2.24, 2.45) is 0 Å². The molecule has 5 nitrogen and oxygen atoms in total. The van der Waals surface area contributed by atoms with Crippen LogP contribution in [0.4, 0.5) is 0 Å². The number of nitrogens with zero attached hydrogens (tertiary/aromatic N) is 1. The van der Waals surface area contributed by atoms with Crippen LogP contribution in [0.5, 0.6) is 11.5 Å². The van der Waals surface area contributed by atoms with E-state index in [1.807, 2.05) is 54.3 Å². The third-order valence-corrected chi connectivity index (χ3v) is 4.92. The molecule has 1 amide bonds. The average molecular weight is 350 g/mol. The van der Waals surface area contributed by atoms with E-state index < -0.39 is 0 Å². The van der Waals surface area contributed by atoms with Crippen molar-refractivity contribution in [1.29, 1.82) is 0 Å². The van der Waals surface area contributed by atoms with Gasteiger partial charge in [0.1, 0.15) is 11.5 Å². The van der Waals surface area contributed by atoms with Crippen LogP contribution in [0.2, 0.25) is 0 Å². The van der Waals surface area contributed by atoms with E-state index in [0.717, 1.165) is 28.8 Å². The lowest BCUT2D eigenvalue weighted by Crippen LogP contribution is -2.38. The van der Waals surface area contributed by atoms with Crippen molar-refractivity contribution in [1.82, 2.24) is 9.88 Å². The van der Waals surface area contributed by atoms with Crippen LogP contribution < -0.4 is 9.47 Å². The standard InChI is InChI=1S/C21H22N2O3/c1-14-3-5-15(6-4-14)26-13-21(24)23-10-9-20-18(12-23)17-11-16(25-2)7-8-19(17)22-20/h3-8,11,22H,9-10,12-13H2,1-2H3. The second-order valence-corrected chi connectivity index (χ2v) is 6.66. The zero-order valence-corrected chi connectivity index (χ0v) is 15.0. The summed E-state index contributed by atoms with van der Waals surface area (Å²) in [7, 11) is 1.67. The monoisotopic (exact) mass is 350 g/mol. The lowest BCUT2D eigenvalue weighted by atomic mass is 10.0. The molecule has 5 heteroatoms. The summed E-state index contributed by atoms with van der Waals surface area (Å²) < 4.78 is 11.0. The molecule has 0 radical (unpaired) electrons. The van der Waals surface area contributed by atoms with Gasteiger partial charge in [0.25, 0.3) is 5.91 Å². The highest BCUT2D eigenvalue weighted by atomic mass is 16.5. The van der Waals surface area contributed by atoms with E-state index >= 15 is 0 Å². The fourth-order valence-corrected chi connectivity index (χ4v) is 3.40. The van der Waals surface area contributed by atoms with Crippen LogP contribution in [0.1, 0.15) is 16.8 Å². The Morgan fingerprint density at radius 1 is 1.15 bits per heavy atom. The minimum Gasteiger partial charge on any atom is -0.497 e. The van der Waals surface area contributed by atoms with Crippen molar-refractivity contribution in [3.63, 3.8) is 0 Å². The molecule has 0 unspecified atom stereocenters. The molecule has 0 atom stereocenters. The fraction of sp³-hybridized carbons (Fsp3) is 0.286. The molecule has 2 aromatic carbocycles. The van der Waals surface area contributed by atoms with Crippen molar-refractivity contribution in [3.8, 4) is 11.5 Å². The number of aryl methyl sites for hydroxylation is 1. The summed E-state index contributed by atoms with van der Waals surface area (Å²) in [5.41, 5.74) is 4.63. The number of rotatable bonds is 4. The first-order valence-electron chi connectivity index (χ1n) is 8.79. The Labute approximate surface area is 152 Å². The number of fused-ring (bicyclic) bond motifs is 3. The molecule has 3 aromatic rings. The summed E-state index contributed by atoms with van der Waals surface area (Å²) in [6.45, 7) is 3.38. The lowest BCUT2D eigenvalue weighted by Gasteiger charge is -2.27. The maximum Gasteiger partial charge on any atom is 0.260 e. The second-order valence-electron chi connectivity index (χ2n) is 6.66. The van der Waals surface area contributed by atoms with Gasteiger partial charge in [-0.2, -0.15) is 0 Å². The molecule has 0 saturated heterocycles. The summed E-state index contributed by atoms with van der Waals surface area (Å²) in [5, 5.41) is 1.12. The van der Waals surface area contributed by atoms with Gasteiger partial charge in [0.2, 0.25) is 0 Å². The van der Waals surface area contributed by atoms with E-state index in [1.54, 1.807) is 7.11 Å². The van der Waals surface area contributed by atoms with Crippen molar-refractivity contribution in [2.75, 3.05) is 20.3 Å². The molecular weight excluding hydrogens is 328 g/mol. The number of hydrogen-bond donors (Lipinski definition) is 1. The van der Waals surface area contributed by atoms with Gasteiger partial charge in [0, 0.05) is 41.7 Å². The Morgan fingerprint density at radius 3 is 2.69 bits per heavy atom. The Kier molecular flexibility index (Phi) is 4.29. The maximum atomic E-state index is 12.6. The smallest absolute Gasteiger partial charge is 0.260 e. The summed E-state index contributed by atoms with van der Waals surface area (Å²) in [4.78, 5) is 17.9. The van der Waals surface area contributed by atoms with Crippen LogP contribution in [0.25, 0.3) is 10.9 Å². The highest BCUT2D eigenvalue weighted by Gasteiger charge is 2.24. The van der Waals surface area contributed by atoms with Gasteiger partial charge >= 0.3 is 0 Å². The van der Waals surface area contributed by atoms with Crippen molar-refractivity contribution in [2.45, 2.75) is 19.9 Å². The number of aromatic amines is 1. The lowest BCUT2D eigenvalue weighted by molar-refractivity contribution is -0.134. The van der Waals surface area contributed by atoms with Crippen LogP contribution >= 0.6 is 0 Å². The highest BCUT2D eigenvalue weighted by Crippen LogP contribution is 2.30. The normalized spacial score (nSPS) is 13.5. The van der Waals surface area contributed by atoms with Gasteiger partial charge in [-0.1, -0.05) is 17.7 Å². The van der Waals surface area contributed by atoms with Gasteiger partial charge in [-0.25, -0.2) is 0 Å². The number of carbonyl (C=O) groups is 1. The SMILES string of the molecule is COc1ccc2[nH]c3c(c2c1)CN(C(=O)COc1ccc(C)cc1)CC3. The second kappa shape index (κ2) is 6.75. The number of methoxy groups -OCH3 is 1. The molecule has 1 aliphatic rings. The summed E-state index contributed by atoms with van der Waals surface area (Å²) in [6, 6.07) is 13.7. The summed E-state index contributed by atoms with van der Waals surface area (Å²) >= 11 is 0. The first-order chi connectivity index (χ1) is 12.6. The summed E-state index contributed by atoms with van der Waals surface area (Å²) in [5.74, 6) is 1.55. The number of amides is 1. The highest BCUT2D eigenvalue weighted by molar-refractivity contribution is 5.87. The maximum absolute atomic E-state index is 12.6. The molecule has 1 aliphatic heterocycles. The Hall–Kier alpha value is -2.95. The number of hydrogen-bond acceptors (Lipinski definition) is 3. The predicted molar refractivity (Wildman–Crippen MR) is 101 cm³/mol. The predicted octanol–water partition coefficient (Wildman–Crippen LogP) is 3.45. The first kappa shape index (κ1) is 16.5. The van der Waals surface area contributed by atoms with Gasteiger partial charge in [-0.05, 0) is 37.3 Å². The third-order valence-electron chi connectivity index (χ3n) is 4.92. The number of nitrogens with one attached hydrogen (secondary N) is 1. The topological polar surface area (TPSA) is 54.6 Å². The molecule has 0 saturated carbocycles. The van der Waals surface area contributed by atoms with E-state index in [4.69, 9.17) is 9.47 Å². The molecular formula is C21H22N2O3. The minimum absolute atomic E-state index is 0.00784. The largest absolute Gasteiger partial charge is 0.497 e. The number of carbonyl (C=O) groups excluding carboxylic acids is 1. The van der Waals surface area contributed by atoms with E-state index in [1.165, 1.54) is 16.8 Å². The van der Waals surface area contributed by atoms with Gasteiger partial charge in [0.15, 0.2) is 6.61 Å². The zero-order chi connectivity index (χ0) is 18.1. The van der Waals surface area contributed by atoms with Gasteiger partial charge < -0.3 is 19.4 Å². The van der Waals surface area contributed by atoms with Crippen LogP contribution in [0, 0.1) is 6.92 Å². The van der Waals surface area contributed by atoms with Crippen LogP contribution in [-0.4, -0.2) is 36.1 Å². The first-order valence-corrected chi connectivity index (χ1v) is 8.79.